The lowest BCUT2D eigenvalue weighted by molar-refractivity contribution is -0.126. The number of hydrogen-bond acceptors (Lipinski definition) is 8. The topological polar surface area (TPSA) is 108 Å². The van der Waals surface area contributed by atoms with E-state index in [4.69, 9.17) is 4.52 Å². The van der Waals surface area contributed by atoms with E-state index in [2.05, 4.69) is 31.4 Å². The lowest BCUT2D eigenvalue weighted by atomic mass is 9.99. The number of amides is 2. The average Bonchev–Trinajstić information content (AvgIpc) is 3.63. The van der Waals surface area contributed by atoms with Crippen molar-refractivity contribution in [1.29, 1.82) is 0 Å². The van der Waals surface area contributed by atoms with Crippen molar-refractivity contribution in [3.8, 4) is 11.1 Å². The predicted octanol–water partition coefficient (Wildman–Crippen LogP) is 3.14. The maximum Gasteiger partial charge on any atom is 0.292 e. The molecule has 0 unspecified atom stereocenters. The van der Waals surface area contributed by atoms with Gasteiger partial charge in [0.2, 0.25) is 11.8 Å². The Morgan fingerprint density at radius 1 is 1.17 bits per heavy atom. The van der Waals surface area contributed by atoms with Gasteiger partial charge >= 0.3 is 0 Å². The average molecular weight is 562 g/mol. The zero-order valence-electron chi connectivity index (χ0n) is 23.8. The number of rotatable bonds is 10. The van der Waals surface area contributed by atoms with Gasteiger partial charge in [0.1, 0.15) is 6.67 Å². The van der Waals surface area contributed by atoms with Gasteiger partial charge in [0, 0.05) is 57.1 Å². The molecule has 2 fully saturated rings. The number of pyridine rings is 1. The molecule has 216 valence electrons. The number of piperazine rings is 1. The van der Waals surface area contributed by atoms with E-state index < -0.39 is 18.0 Å². The van der Waals surface area contributed by atoms with Crippen LogP contribution in [0.1, 0.15) is 40.5 Å². The van der Waals surface area contributed by atoms with Crippen molar-refractivity contribution in [2.24, 2.45) is 0 Å². The van der Waals surface area contributed by atoms with E-state index >= 15 is 0 Å². The number of alkyl halides is 1. The standard InChI is InChI=1S/C30H36FN7O3/c1-21-17-22(6-7-23(21)18-33-28(40)27-34-29(41-35-27)30(20-31)9-10-30)24-8-11-32-19-25(24)37-13-15-38(16-14-37)26(39)5-4-12-36(2)3/h4-8,11,17,19H,9-10,12-16,18,20H2,1-3H3,(H,33,40). The summed E-state index contributed by atoms with van der Waals surface area (Å²) in [5.74, 6) is -0.298. The zero-order chi connectivity index (χ0) is 29.0. The van der Waals surface area contributed by atoms with Crippen LogP contribution in [0.15, 0.2) is 53.3 Å². The molecule has 10 nitrogen and oxygen atoms in total. The molecule has 5 rings (SSSR count). The summed E-state index contributed by atoms with van der Waals surface area (Å²) in [5, 5.41) is 6.58. The Balaban J connectivity index is 1.21. The van der Waals surface area contributed by atoms with Crippen molar-refractivity contribution in [2.75, 3.05) is 58.4 Å². The molecule has 3 heterocycles. The summed E-state index contributed by atoms with van der Waals surface area (Å²) in [5.41, 5.74) is 4.41. The van der Waals surface area contributed by atoms with E-state index in [1.165, 1.54) is 0 Å². The number of anilines is 1. The Labute approximate surface area is 239 Å². The second-order valence-electron chi connectivity index (χ2n) is 11.0. The first kappa shape index (κ1) is 28.4. The van der Waals surface area contributed by atoms with Crippen LogP contribution >= 0.6 is 0 Å². The smallest absolute Gasteiger partial charge is 0.292 e. The van der Waals surface area contributed by atoms with Crippen molar-refractivity contribution in [2.45, 2.75) is 31.7 Å². The van der Waals surface area contributed by atoms with Crippen molar-refractivity contribution in [3.63, 3.8) is 0 Å². The van der Waals surface area contributed by atoms with Crippen LogP contribution in [0.25, 0.3) is 11.1 Å². The SMILES string of the molecule is Cc1cc(-c2ccncc2N2CCN(C(=O)C=CCN(C)C)CC2)ccc1CNC(=O)c1noc(C2(CF)CC2)n1. The van der Waals surface area contributed by atoms with E-state index in [0.717, 1.165) is 47.6 Å². The summed E-state index contributed by atoms with van der Waals surface area (Å²) >= 11 is 0. The molecule has 1 saturated heterocycles. The van der Waals surface area contributed by atoms with Crippen LogP contribution in [0, 0.1) is 6.92 Å². The van der Waals surface area contributed by atoms with Crippen LogP contribution in [-0.2, 0) is 16.8 Å². The van der Waals surface area contributed by atoms with Gasteiger partial charge in [0.05, 0.1) is 17.3 Å². The lowest BCUT2D eigenvalue weighted by Gasteiger charge is -2.36. The maximum absolute atomic E-state index is 13.3. The van der Waals surface area contributed by atoms with Gasteiger partial charge in [-0.3, -0.25) is 14.6 Å². The fourth-order valence-corrected chi connectivity index (χ4v) is 4.92. The van der Waals surface area contributed by atoms with Gasteiger partial charge in [0.15, 0.2) is 0 Å². The van der Waals surface area contributed by atoms with Gasteiger partial charge in [-0.25, -0.2) is 4.39 Å². The van der Waals surface area contributed by atoms with Crippen LogP contribution in [0.2, 0.25) is 0 Å². The Morgan fingerprint density at radius 3 is 2.63 bits per heavy atom. The molecule has 1 aliphatic heterocycles. The molecule has 1 aromatic carbocycles. The molecule has 1 N–H and O–H groups in total. The van der Waals surface area contributed by atoms with E-state index in [-0.39, 0.29) is 17.6 Å². The summed E-state index contributed by atoms with van der Waals surface area (Å²) in [6.45, 7) is 5.21. The molecule has 3 aromatic rings. The highest BCUT2D eigenvalue weighted by Gasteiger charge is 2.50. The first-order chi connectivity index (χ1) is 19.8. The highest BCUT2D eigenvalue weighted by molar-refractivity contribution is 5.90. The van der Waals surface area contributed by atoms with Crippen LogP contribution in [-0.4, -0.2) is 90.2 Å². The third kappa shape index (κ3) is 6.45. The van der Waals surface area contributed by atoms with Crippen LogP contribution in [0.3, 0.4) is 0 Å². The first-order valence-electron chi connectivity index (χ1n) is 13.9. The van der Waals surface area contributed by atoms with Gasteiger partial charge < -0.3 is 24.5 Å². The number of aromatic nitrogens is 3. The fourth-order valence-electron chi connectivity index (χ4n) is 4.92. The summed E-state index contributed by atoms with van der Waals surface area (Å²) in [4.78, 5) is 39.8. The molecular weight excluding hydrogens is 525 g/mol. The monoisotopic (exact) mass is 561 g/mol. The molecule has 1 aliphatic carbocycles. The van der Waals surface area contributed by atoms with Crippen LogP contribution in [0.5, 0.6) is 0 Å². The number of halogens is 1. The number of carbonyl (C=O) groups is 2. The summed E-state index contributed by atoms with van der Waals surface area (Å²) in [6.07, 6.45) is 8.52. The van der Waals surface area contributed by atoms with E-state index in [1.807, 2.05) is 61.3 Å². The van der Waals surface area contributed by atoms with Crippen molar-refractivity contribution in [3.05, 3.63) is 71.7 Å². The normalized spacial score (nSPS) is 16.4. The fraction of sp³-hybridized carbons (Fsp3) is 0.433. The maximum atomic E-state index is 13.3. The first-order valence-corrected chi connectivity index (χ1v) is 13.9. The zero-order valence-corrected chi connectivity index (χ0v) is 23.8. The summed E-state index contributed by atoms with van der Waals surface area (Å²) in [6, 6.07) is 8.13. The number of aryl methyl sites for hydroxylation is 1. The number of carbonyl (C=O) groups excluding carboxylic acids is 2. The Hall–Kier alpha value is -4.12. The Bertz CT molecular complexity index is 1420. The van der Waals surface area contributed by atoms with Crippen LogP contribution in [0.4, 0.5) is 10.1 Å². The number of benzene rings is 1. The van der Waals surface area contributed by atoms with Crippen molar-refractivity contribution in [1.82, 2.24) is 30.2 Å². The summed E-state index contributed by atoms with van der Waals surface area (Å²) in [7, 11) is 3.94. The third-order valence-corrected chi connectivity index (χ3v) is 7.75. The molecule has 0 bridgehead atoms. The third-order valence-electron chi connectivity index (χ3n) is 7.75. The molecule has 0 atom stereocenters. The number of nitrogens with one attached hydrogen (secondary N) is 1. The highest BCUT2D eigenvalue weighted by Crippen LogP contribution is 2.47. The molecule has 11 heteroatoms. The van der Waals surface area contributed by atoms with Gasteiger partial charge in [-0.1, -0.05) is 29.4 Å². The van der Waals surface area contributed by atoms with Gasteiger partial charge in [0.25, 0.3) is 11.7 Å². The molecule has 2 amide bonds. The molecule has 2 aromatic heterocycles. The van der Waals surface area contributed by atoms with E-state index in [9.17, 15) is 14.0 Å². The minimum Gasteiger partial charge on any atom is -0.366 e. The van der Waals surface area contributed by atoms with Gasteiger partial charge in [-0.2, -0.15) is 4.98 Å². The number of nitrogens with zero attached hydrogens (tertiary/aromatic N) is 6. The Kier molecular flexibility index (Phi) is 8.44. The molecule has 0 spiro atoms. The van der Waals surface area contributed by atoms with Crippen LogP contribution < -0.4 is 10.2 Å². The predicted molar refractivity (Wildman–Crippen MR) is 153 cm³/mol. The molecule has 0 radical (unpaired) electrons. The number of hydrogen-bond donors (Lipinski definition) is 1. The number of likely N-dealkylation sites (N-methyl/N-ethyl adjacent to an activating group) is 1. The molecule has 2 aliphatic rings. The largest absolute Gasteiger partial charge is 0.366 e. The second-order valence-corrected chi connectivity index (χ2v) is 11.0. The lowest BCUT2D eigenvalue weighted by Crippen LogP contribution is -2.48. The second kappa shape index (κ2) is 12.2. The van der Waals surface area contributed by atoms with Crippen molar-refractivity contribution >= 4 is 17.5 Å². The van der Waals surface area contributed by atoms with E-state index in [0.29, 0.717) is 32.5 Å². The van der Waals surface area contributed by atoms with Gasteiger partial charge in [-0.15, -0.1) is 0 Å². The quantitative estimate of drug-likeness (QED) is 0.376. The Morgan fingerprint density at radius 2 is 1.95 bits per heavy atom. The van der Waals surface area contributed by atoms with Crippen molar-refractivity contribution < 1.29 is 18.5 Å². The molecular formula is C30H36FN7O3. The minimum atomic E-state index is -0.697. The summed E-state index contributed by atoms with van der Waals surface area (Å²) < 4.78 is 18.4. The van der Waals surface area contributed by atoms with E-state index in [1.54, 1.807) is 12.3 Å². The van der Waals surface area contributed by atoms with Gasteiger partial charge in [-0.05, 0) is 56.6 Å². The molecule has 1 saturated carbocycles. The highest BCUT2D eigenvalue weighted by atomic mass is 19.1. The molecule has 41 heavy (non-hydrogen) atoms. The minimum absolute atomic E-state index is 0.0441.